The molecule has 6 heteroatoms. The van der Waals surface area contributed by atoms with E-state index < -0.39 is 0 Å². The molecule has 1 saturated carbocycles. The number of hydrogen-bond donors (Lipinski definition) is 2. The van der Waals surface area contributed by atoms with Gasteiger partial charge in [-0.3, -0.25) is 4.68 Å². The van der Waals surface area contributed by atoms with Crippen LogP contribution in [0.4, 0.5) is 4.79 Å². The average Bonchev–Trinajstić information content (AvgIpc) is 2.85. The first kappa shape index (κ1) is 18.8. The number of nitrogens with one attached hydrogen (secondary N) is 2. The number of rotatable bonds is 7. The molecule has 0 radical (unpaired) electrons. The third-order valence-corrected chi connectivity index (χ3v) is 5.01. The molecule has 0 bridgehead atoms. The number of ether oxygens (including phenoxy) is 1. The first-order chi connectivity index (χ1) is 11.5. The Bertz CT molecular complexity index is 541. The molecule has 0 spiro atoms. The summed E-state index contributed by atoms with van der Waals surface area (Å²) < 4.78 is 7.87. The average molecular weight is 336 g/mol. The van der Waals surface area contributed by atoms with Crippen molar-refractivity contribution >= 4 is 6.03 Å². The Labute approximate surface area is 145 Å². The number of carbonyl (C=O) groups excluding carboxylic acids is 1. The van der Waals surface area contributed by atoms with Crippen LogP contribution in [0.25, 0.3) is 0 Å². The zero-order chi connectivity index (χ0) is 17.5. The zero-order valence-electron chi connectivity index (χ0n) is 15.5. The Morgan fingerprint density at radius 1 is 1.29 bits per heavy atom. The summed E-state index contributed by atoms with van der Waals surface area (Å²) in [5.74, 6) is 0.633. The summed E-state index contributed by atoms with van der Waals surface area (Å²) in [7, 11) is 0. The molecule has 1 heterocycles. The fourth-order valence-corrected chi connectivity index (χ4v) is 3.43. The van der Waals surface area contributed by atoms with Crippen LogP contribution in [0.15, 0.2) is 0 Å². The van der Waals surface area contributed by atoms with Gasteiger partial charge in [0, 0.05) is 30.9 Å². The molecule has 136 valence electrons. The lowest BCUT2D eigenvalue weighted by atomic mass is 9.88. The van der Waals surface area contributed by atoms with Crippen LogP contribution >= 0.6 is 0 Å². The summed E-state index contributed by atoms with van der Waals surface area (Å²) in [4.78, 5) is 11.9. The molecule has 2 N–H and O–H groups in total. The van der Waals surface area contributed by atoms with E-state index in [4.69, 9.17) is 4.74 Å². The predicted octanol–water partition coefficient (Wildman–Crippen LogP) is 2.91. The van der Waals surface area contributed by atoms with Crippen molar-refractivity contribution in [2.75, 3.05) is 13.2 Å². The number of hydrogen-bond acceptors (Lipinski definition) is 3. The van der Waals surface area contributed by atoms with Gasteiger partial charge in [0.25, 0.3) is 0 Å². The molecule has 2 atom stereocenters. The van der Waals surface area contributed by atoms with Crippen molar-refractivity contribution in [1.29, 1.82) is 0 Å². The van der Waals surface area contributed by atoms with Gasteiger partial charge in [0.1, 0.15) is 0 Å². The molecule has 1 fully saturated rings. The maximum atomic E-state index is 11.9. The van der Waals surface area contributed by atoms with Gasteiger partial charge in [0.2, 0.25) is 0 Å². The summed E-state index contributed by atoms with van der Waals surface area (Å²) in [6.45, 7) is 10.8. The van der Waals surface area contributed by atoms with Crippen molar-refractivity contribution in [3.05, 3.63) is 17.0 Å². The van der Waals surface area contributed by atoms with Gasteiger partial charge in [-0.2, -0.15) is 5.10 Å². The molecule has 1 aliphatic carbocycles. The molecule has 2 amide bonds. The van der Waals surface area contributed by atoms with Crippen LogP contribution in [0.1, 0.15) is 56.5 Å². The van der Waals surface area contributed by atoms with Crippen LogP contribution in [0.3, 0.4) is 0 Å². The number of nitrogens with zero attached hydrogens (tertiary/aromatic N) is 2. The van der Waals surface area contributed by atoms with Crippen LogP contribution in [-0.2, 0) is 17.8 Å². The zero-order valence-corrected chi connectivity index (χ0v) is 15.5. The SMILES string of the molecule is CCn1nc(C)c(CNC(=O)NCCO[C@H]2CCCC[C@@H]2C)c1C. The first-order valence-corrected chi connectivity index (χ1v) is 9.19. The molecular weight excluding hydrogens is 304 g/mol. The lowest BCUT2D eigenvalue weighted by molar-refractivity contribution is -0.00243. The fourth-order valence-electron chi connectivity index (χ4n) is 3.43. The van der Waals surface area contributed by atoms with E-state index in [0.29, 0.717) is 31.7 Å². The minimum absolute atomic E-state index is 0.154. The minimum Gasteiger partial charge on any atom is -0.376 e. The van der Waals surface area contributed by atoms with Gasteiger partial charge in [-0.15, -0.1) is 0 Å². The summed E-state index contributed by atoms with van der Waals surface area (Å²) in [5.41, 5.74) is 3.19. The molecule has 0 saturated heterocycles. The van der Waals surface area contributed by atoms with Crippen LogP contribution in [0.5, 0.6) is 0 Å². The van der Waals surface area contributed by atoms with Gasteiger partial charge in [-0.05, 0) is 39.5 Å². The molecule has 6 nitrogen and oxygen atoms in total. The van der Waals surface area contributed by atoms with Crippen molar-refractivity contribution in [1.82, 2.24) is 20.4 Å². The molecule has 0 aromatic carbocycles. The largest absolute Gasteiger partial charge is 0.376 e. The molecule has 1 aliphatic rings. The molecule has 1 aromatic rings. The Hall–Kier alpha value is -1.56. The quantitative estimate of drug-likeness (QED) is 0.752. The Balaban J connectivity index is 1.66. The highest BCUT2D eigenvalue weighted by Gasteiger charge is 2.21. The van der Waals surface area contributed by atoms with Crippen molar-refractivity contribution in [2.24, 2.45) is 5.92 Å². The van der Waals surface area contributed by atoms with E-state index in [2.05, 4.69) is 29.6 Å². The third-order valence-electron chi connectivity index (χ3n) is 5.01. The maximum absolute atomic E-state index is 11.9. The van der Waals surface area contributed by atoms with Crippen molar-refractivity contribution in [3.63, 3.8) is 0 Å². The number of aryl methyl sites for hydroxylation is 2. The predicted molar refractivity (Wildman–Crippen MR) is 95.0 cm³/mol. The van der Waals surface area contributed by atoms with E-state index in [1.165, 1.54) is 19.3 Å². The minimum atomic E-state index is -0.154. The standard InChI is InChI=1S/C18H32N4O2/c1-5-22-15(4)16(14(3)21-22)12-20-18(23)19-10-11-24-17-9-7-6-8-13(17)2/h13,17H,5-12H2,1-4H3,(H2,19,20,23)/t13-,17-/m0/s1. The molecule has 24 heavy (non-hydrogen) atoms. The van der Waals surface area contributed by atoms with E-state index in [9.17, 15) is 4.79 Å². The number of aromatic nitrogens is 2. The van der Waals surface area contributed by atoms with Gasteiger partial charge >= 0.3 is 6.03 Å². The van der Waals surface area contributed by atoms with E-state index in [1.54, 1.807) is 0 Å². The number of amides is 2. The summed E-state index contributed by atoms with van der Waals surface area (Å²) in [5, 5.41) is 10.2. The van der Waals surface area contributed by atoms with Crippen LogP contribution in [-0.4, -0.2) is 35.1 Å². The second kappa shape index (κ2) is 9.06. The Morgan fingerprint density at radius 2 is 2.04 bits per heavy atom. The van der Waals surface area contributed by atoms with E-state index in [-0.39, 0.29) is 6.03 Å². The lowest BCUT2D eigenvalue weighted by Crippen LogP contribution is -2.38. The van der Waals surface area contributed by atoms with E-state index in [1.807, 2.05) is 18.5 Å². The fraction of sp³-hybridized carbons (Fsp3) is 0.778. The second-order valence-electron chi connectivity index (χ2n) is 6.75. The number of carbonyl (C=O) groups is 1. The van der Waals surface area contributed by atoms with E-state index in [0.717, 1.165) is 29.9 Å². The van der Waals surface area contributed by atoms with Gasteiger partial charge < -0.3 is 15.4 Å². The molecule has 0 unspecified atom stereocenters. The van der Waals surface area contributed by atoms with Crippen molar-refractivity contribution in [2.45, 2.75) is 72.6 Å². The van der Waals surface area contributed by atoms with Crippen LogP contribution < -0.4 is 10.6 Å². The Kier molecular flexibility index (Phi) is 7.09. The highest BCUT2D eigenvalue weighted by atomic mass is 16.5. The highest BCUT2D eigenvalue weighted by Crippen LogP contribution is 2.25. The van der Waals surface area contributed by atoms with E-state index >= 15 is 0 Å². The van der Waals surface area contributed by atoms with Gasteiger partial charge in [-0.1, -0.05) is 19.8 Å². The third kappa shape index (κ3) is 4.97. The van der Waals surface area contributed by atoms with Crippen molar-refractivity contribution in [3.8, 4) is 0 Å². The topological polar surface area (TPSA) is 68.2 Å². The summed E-state index contributed by atoms with van der Waals surface area (Å²) >= 11 is 0. The summed E-state index contributed by atoms with van der Waals surface area (Å²) in [6.07, 6.45) is 5.33. The molecule has 2 rings (SSSR count). The lowest BCUT2D eigenvalue weighted by Gasteiger charge is -2.28. The molecule has 1 aromatic heterocycles. The first-order valence-electron chi connectivity index (χ1n) is 9.19. The Morgan fingerprint density at radius 3 is 2.71 bits per heavy atom. The van der Waals surface area contributed by atoms with Crippen LogP contribution in [0.2, 0.25) is 0 Å². The maximum Gasteiger partial charge on any atom is 0.315 e. The summed E-state index contributed by atoms with van der Waals surface area (Å²) in [6, 6.07) is -0.154. The highest BCUT2D eigenvalue weighted by molar-refractivity contribution is 5.73. The van der Waals surface area contributed by atoms with Crippen LogP contribution in [0, 0.1) is 19.8 Å². The smallest absolute Gasteiger partial charge is 0.315 e. The van der Waals surface area contributed by atoms with Gasteiger partial charge in [0.05, 0.1) is 18.4 Å². The second-order valence-corrected chi connectivity index (χ2v) is 6.75. The number of urea groups is 1. The molecule has 0 aliphatic heterocycles. The van der Waals surface area contributed by atoms with Gasteiger partial charge in [-0.25, -0.2) is 4.79 Å². The molecular formula is C18H32N4O2. The van der Waals surface area contributed by atoms with Crippen molar-refractivity contribution < 1.29 is 9.53 Å². The monoisotopic (exact) mass is 336 g/mol. The normalized spacial score (nSPS) is 20.8. The van der Waals surface area contributed by atoms with Gasteiger partial charge in [0.15, 0.2) is 0 Å².